The quantitative estimate of drug-likeness (QED) is 0.484. The third-order valence-electron chi connectivity index (χ3n) is 6.42. The first-order valence-corrected chi connectivity index (χ1v) is 11.5. The summed E-state index contributed by atoms with van der Waals surface area (Å²) in [6.07, 6.45) is 9.35. The number of benzene rings is 1. The van der Waals surface area contributed by atoms with Gasteiger partial charge in [0.25, 0.3) is 5.91 Å². The molecule has 3 heterocycles. The van der Waals surface area contributed by atoms with Gasteiger partial charge in [0.2, 0.25) is 0 Å². The van der Waals surface area contributed by atoms with Crippen molar-refractivity contribution in [3.63, 3.8) is 0 Å². The summed E-state index contributed by atoms with van der Waals surface area (Å²) in [5.41, 5.74) is 6.91. The number of nitrogens with one attached hydrogen (secondary N) is 1. The van der Waals surface area contributed by atoms with Crippen LogP contribution in [0.3, 0.4) is 0 Å². The van der Waals surface area contributed by atoms with Crippen molar-refractivity contribution in [1.29, 1.82) is 0 Å². The van der Waals surface area contributed by atoms with Crippen LogP contribution in [-0.2, 0) is 6.42 Å². The summed E-state index contributed by atoms with van der Waals surface area (Å²) in [5.74, 6) is -0.236. The predicted octanol–water partition coefficient (Wildman–Crippen LogP) is 4.33. The monoisotopic (exact) mass is 440 g/mol. The van der Waals surface area contributed by atoms with Crippen LogP contribution in [0.15, 0.2) is 67.1 Å². The molecule has 1 aromatic carbocycles. The van der Waals surface area contributed by atoms with E-state index in [0.717, 1.165) is 59.0 Å². The van der Waals surface area contributed by atoms with Gasteiger partial charge in [-0.1, -0.05) is 37.1 Å². The minimum Gasteiger partial charge on any atom is -0.391 e. The summed E-state index contributed by atoms with van der Waals surface area (Å²) in [5, 5.41) is 17.7. The van der Waals surface area contributed by atoms with Crippen molar-refractivity contribution >= 4 is 11.4 Å². The zero-order valence-corrected chi connectivity index (χ0v) is 18.7. The molecule has 1 saturated carbocycles. The molecule has 0 radical (unpaired) electrons. The fourth-order valence-electron chi connectivity index (χ4n) is 4.62. The first-order chi connectivity index (χ1) is 16.1. The average Bonchev–Trinajstić information content (AvgIpc) is 3.30. The smallest absolute Gasteiger partial charge is 0.272 e. The molecule has 4 aromatic rings. The number of hydrogen-bond acceptors (Lipinski definition) is 4. The summed E-state index contributed by atoms with van der Waals surface area (Å²) in [4.78, 5) is 17.2. The minimum atomic E-state index is -0.486. The van der Waals surface area contributed by atoms with Crippen molar-refractivity contribution in [3.8, 4) is 11.1 Å². The number of nitrogens with zero attached hydrogens (tertiary/aromatic N) is 3. The topological polar surface area (TPSA) is 79.5 Å². The average molecular weight is 441 g/mol. The second kappa shape index (κ2) is 9.16. The number of rotatable bonds is 5. The second-order valence-electron chi connectivity index (χ2n) is 8.95. The second-order valence-corrected chi connectivity index (χ2v) is 8.95. The molecule has 0 bridgehead atoms. The van der Waals surface area contributed by atoms with Gasteiger partial charge in [-0.2, -0.15) is 5.10 Å². The largest absolute Gasteiger partial charge is 0.391 e. The molecular weight excluding hydrogens is 412 g/mol. The molecule has 1 aliphatic carbocycles. The zero-order valence-electron chi connectivity index (χ0n) is 18.7. The molecule has 1 aliphatic rings. The molecule has 1 amide bonds. The molecule has 0 saturated heterocycles. The third kappa shape index (κ3) is 4.66. The van der Waals surface area contributed by atoms with Crippen molar-refractivity contribution in [3.05, 3.63) is 89.5 Å². The van der Waals surface area contributed by atoms with Crippen molar-refractivity contribution in [2.24, 2.45) is 0 Å². The van der Waals surface area contributed by atoms with E-state index in [2.05, 4.69) is 45.7 Å². The summed E-state index contributed by atoms with van der Waals surface area (Å²) in [6, 6.07) is 16.2. The zero-order chi connectivity index (χ0) is 22.8. The molecule has 6 nitrogen and oxygen atoms in total. The van der Waals surface area contributed by atoms with Gasteiger partial charge in [0, 0.05) is 24.2 Å². The summed E-state index contributed by atoms with van der Waals surface area (Å²) in [6.45, 7) is 2.04. The van der Waals surface area contributed by atoms with Gasteiger partial charge in [0.1, 0.15) is 5.69 Å². The van der Waals surface area contributed by atoms with Gasteiger partial charge in [-0.05, 0) is 72.7 Å². The van der Waals surface area contributed by atoms with Crippen LogP contribution in [0.5, 0.6) is 0 Å². The fraction of sp³-hybridized carbons (Fsp3) is 0.296. The number of aromatic nitrogens is 3. The van der Waals surface area contributed by atoms with E-state index in [4.69, 9.17) is 0 Å². The molecule has 2 atom stereocenters. The Morgan fingerprint density at radius 3 is 2.70 bits per heavy atom. The Bertz CT molecular complexity index is 1280. The molecule has 168 valence electrons. The maximum Gasteiger partial charge on any atom is 0.272 e. The Kier molecular flexibility index (Phi) is 5.92. The Morgan fingerprint density at radius 2 is 1.91 bits per heavy atom. The van der Waals surface area contributed by atoms with Gasteiger partial charge < -0.3 is 10.4 Å². The molecule has 1 fully saturated rings. The van der Waals surface area contributed by atoms with Crippen LogP contribution in [0, 0.1) is 6.92 Å². The normalized spacial score (nSPS) is 18.4. The Labute approximate surface area is 193 Å². The maximum atomic E-state index is 13.0. The van der Waals surface area contributed by atoms with E-state index < -0.39 is 6.10 Å². The van der Waals surface area contributed by atoms with Crippen LogP contribution in [0.25, 0.3) is 16.6 Å². The van der Waals surface area contributed by atoms with E-state index in [9.17, 15) is 9.90 Å². The lowest BCUT2D eigenvalue weighted by molar-refractivity contribution is 0.0713. The van der Waals surface area contributed by atoms with Gasteiger partial charge in [0.15, 0.2) is 0 Å². The van der Waals surface area contributed by atoms with E-state index in [-0.39, 0.29) is 11.9 Å². The van der Waals surface area contributed by atoms with E-state index in [1.807, 2.05) is 43.7 Å². The van der Waals surface area contributed by atoms with Gasteiger partial charge in [-0.3, -0.25) is 9.78 Å². The summed E-state index contributed by atoms with van der Waals surface area (Å²) < 4.78 is 1.76. The molecule has 3 aromatic heterocycles. The van der Waals surface area contributed by atoms with Gasteiger partial charge in [-0.25, -0.2) is 4.52 Å². The van der Waals surface area contributed by atoms with Crippen molar-refractivity contribution in [2.75, 3.05) is 0 Å². The Morgan fingerprint density at radius 1 is 1.09 bits per heavy atom. The lowest BCUT2D eigenvalue weighted by Crippen LogP contribution is -2.45. The SMILES string of the molecule is Cc1cncc(-c2ccc(Cc3cc(C(=O)N[C@@H]4CCCC[C@H]4O)nn4cccc34)cc2)c1. The lowest BCUT2D eigenvalue weighted by Gasteiger charge is -2.28. The third-order valence-corrected chi connectivity index (χ3v) is 6.42. The van der Waals surface area contributed by atoms with Crippen molar-refractivity contribution in [1.82, 2.24) is 19.9 Å². The van der Waals surface area contributed by atoms with Crippen molar-refractivity contribution < 1.29 is 9.90 Å². The standard InChI is InChI=1S/C27H28N4O2/c1-18-13-22(17-28-16-18)20-10-8-19(9-11-20)14-21-15-24(30-31-12-4-6-25(21)31)27(33)29-23-5-2-3-7-26(23)32/h4,6,8-13,15-17,23,26,32H,2-3,5,7,14H2,1H3,(H,29,33)/t23-,26-/m1/s1. The maximum absolute atomic E-state index is 13.0. The van der Waals surface area contributed by atoms with Gasteiger partial charge in [-0.15, -0.1) is 0 Å². The lowest BCUT2D eigenvalue weighted by atomic mass is 9.92. The highest BCUT2D eigenvalue weighted by Gasteiger charge is 2.25. The highest BCUT2D eigenvalue weighted by Crippen LogP contribution is 2.23. The van der Waals surface area contributed by atoms with Crippen LogP contribution in [0.2, 0.25) is 0 Å². The van der Waals surface area contributed by atoms with E-state index >= 15 is 0 Å². The van der Waals surface area contributed by atoms with Crippen LogP contribution in [-0.4, -0.2) is 37.8 Å². The number of carbonyl (C=O) groups excluding carboxylic acids is 1. The highest BCUT2D eigenvalue weighted by molar-refractivity contribution is 5.93. The predicted molar refractivity (Wildman–Crippen MR) is 128 cm³/mol. The molecular formula is C27H28N4O2. The molecule has 0 unspecified atom stereocenters. The molecule has 5 rings (SSSR count). The van der Waals surface area contributed by atoms with Crippen molar-refractivity contribution in [2.45, 2.75) is 51.2 Å². The number of aliphatic hydroxyl groups is 1. The minimum absolute atomic E-state index is 0.208. The van der Waals surface area contributed by atoms with E-state index in [1.54, 1.807) is 4.52 Å². The number of carbonyl (C=O) groups is 1. The first-order valence-electron chi connectivity index (χ1n) is 11.5. The highest BCUT2D eigenvalue weighted by atomic mass is 16.3. The van der Waals surface area contributed by atoms with E-state index in [1.165, 1.54) is 0 Å². The molecule has 0 spiro atoms. The Balaban J connectivity index is 1.39. The fourth-order valence-corrected chi connectivity index (χ4v) is 4.62. The summed E-state index contributed by atoms with van der Waals surface area (Å²) in [7, 11) is 0. The number of aliphatic hydroxyl groups excluding tert-OH is 1. The number of hydrogen-bond donors (Lipinski definition) is 2. The number of fused-ring (bicyclic) bond motifs is 1. The van der Waals surface area contributed by atoms with Crippen LogP contribution < -0.4 is 5.32 Å². The van der Waals surface area contributed by atoms with Gasteiger partial charge in [0.05, 0.1) is 17.7 Å². The molecule has 2 N–H and O–H groups in total. The number of amides is 1. The van der Waals surface area contributed by atoms with Gasteiger partial charge >= 0.3 is 0 Å². The van der Waals surface area contributed by atoms with E-state index in [0.29, 0.717) is 12.1 Å². The molecule has 6 heteroatoms. The van der Waals surface area contributed by atoms with Crippen LogP contribution in [0.4, 0.5) is 0 Å². The van der Waals surface area contributed by atoms with Crippen LogP contribution >= 0.6 is 0 Å². The molecule has 0 aliphatic heterocycles. The number of aryl methyl sites for hydroxylation is 1. The first kappa shape index (κ1) is 21.3. The number of pyridine rings is 1. The summed E-state index contributed by atoms with van der Waals surface area (Å²) >= 11 is 0. The Hall–Kier alpha value is -3.51. The van der Waals surface area contributed by atoms with Crippen LogP contribution in [0.1, 0.15) is 52.9 Å². The molecule has 33 heavy (non-hydrogen) atoms.